The zero-order valence-corrected chi connectivity index (χ0v) is 8.50. The summed E-state index contributed by atoms with van der Waals surface area (Å²) in [4.78, 5) is 42.4. The van der Waals surface area contributed by atoms with Gasteiger partial charge in [0.25, 0.3) is 0 Å². The molecule has 0 radical (unpaired) electrons. The third kappa shape index (κ3) is 4.40. The van der Waals surface area contributed by atoms with Gasteiger partial charge in [-0.05, 0) is 0 Å². The van der Waals surface area contributed by atoms with Gasteiger partial charge >= 0.3 is 23.9 Å². The second-order valence-electron chi connectivity index (χ2n) is 2.74. The van der Waals surface area contributed by atoms with Crippen molar-refractivity contribution in [2.75, 3.05) is 0 Å². The lowest BCUT2D eigenvalue weighted by Gasteiger charge is -2.19. The Hall–Kier alpha value is -2.12. The Bertz CT molecular complexity index is 288. The van der Waals surface area contributed by atoms with Crippen LogP contribution in [0, 0.1) is 0 Å². The molecule has 2 atom stereocenters. The molecule has 0 aliphatic heterocycles. The summed E-state index contributed by atoms with van der Waals surface area (Å²) in [5.41, 5.74) is 0. The largest absolute Gasteiger partial charge is 0.478 e. The Morgan fingerprint density at radius 2 is 1.06 bits per heavy atom. The quantitative estimate of drug-likeness (QED) is 0.581. The first kappa shape index (κ1) is 13.9. The molecule has 0 aromatic carbocycles. The summed E-state index contributed by atoms with van der Waals surface area (Å²) < 4.78 is 8.48. The van der Waals surface area contributed by atoms with Gasteiger partial charge in [0, 0.05) is 13.8 Å². The summed E-state index contributed by atoms with van der Waals surface area (Å²) in [5, 5.41) is 17.2. The maximum absolute atomic E-state index is 10.6. The summed E-state index contributed by atoms with van der Waals surface area (Å²) >= 11 is 0. The van der Waals surface area contributed by atoms with Crippen LogP contribution < -0.4 is 0 Å². The molecule has 0 fully saturated rings. The molecule has 90 valence electrons. The second kappa shape index (κ2) is 5.69. The summed E-state index contributed by atoms with van der Waals surface area (Å²) in [6, 6.07) is 0. The molecule has 0 saturated heterocycles. The van der Waals surface area contributed by atoms with Crippen LogP contribution >= 0.6 is 0 Å². The van der Waals surface area contributed by atoms with E-state index in [1.807, 2.05) is 0 Å². The second-order valence-corrected chi connectivity index (χ2v) is 2.74. The number of esters is 2. The molecular formula is C8H10O8. The van der Waals surface area contributed by atoms with Gasteiger partial charge in [0.2, 0.25) is 12.2 Å². The van der Waals surface area contributed by atoms with Crippen LogP contribution in [0.25, 0.3) is 0 Å². The molecule has 0 aromatic heterocycles. The number of carbonyl (C=O) groups excluding carboxylic acids is 2. The van der Waals surface area contributed by atoms with Crippen molar-refractivity contribution < 1.29 is 38.9 Å². The lowest BCUT2D eigenvalue weighted by molar-refractivity contribution is -0.185. The van der Waals surface area contributed by atoms with Crippen LogP contribution in [0.15, 0.2) is 0 Å². The van der Waals surface area contributed by atoms with E-state index in [0.29, 0.717) is 0 Å². The molecule has 0 bridgehead atoms. The highest BCUT2D eigenvalue weighted by atomic mass is 16.6. The van der Waals surface area contributed by atoms with Gasteiger partial charge in [-0.25, -0.2) is 9.59 Å². The normalized spacial score (nSPS) is 13.4. The first-order valence-corrected chi connectivity index (χ1v) is 4.05. The van der Waals surface area contributed by atoms with Gasteiger partial charge in [-0.15, -0.1) is 0 Å². The van der Waals surface area contributed by atoms with E-state index in [1.54, 1.807) is 0 Å². The van der Waals surface area contributed by atoms with E-state index in [0.717, 1.165) is 13.8 Å². The molecule has 0 saturated carbocycles. The van der Waals surface area contributed by atoms with Crippen molar-refractivity contribution in [3.05, 3.63) is 0 Å². The molecular weight excluding hydrogens is 224 g/mol. The van der Waals surface area contributed by atoms with Crippen molar-refractivity contribution in [3.63, 3.8) is 0 Å². The van der Waals surface area contributed by atoms with Gasteiger partial charge in [0.05, 0.1) is 0 Å². The Labute approximate surface area is 89.8 Å². The van der Waals surface area contributed by atoms with Crippen LogP contribution in [0.5, 0.6) is 0 Å². The summed E-state index contributed by atoms with van der Waals surface area (Å²) in [7, 11) is 0. The third-order valence-electron chi connectivity index (χ3n) is 1.35. The molecule has 0 aromatic rings. The first-order valence-electron chi connectivity index (χ1n) is 4.05. The van der Waals surface area contributed by atoms with E-state index in [1.165, 1.54) is 0 Å². The van der Waals surface area contributed by atoms with Crippen LogP contribution in [0.4, 0.5) is 0 Å². The van der Waals surface area contributed by atoms with Gasteiger partial charge in [-0.3, -0.25) is 9.59 Å². The molecule has 0 rings (SSSR count). The molecule has 8 heteroatoms. The summed E-state index contributed by atoms with van der Waals surface area (Å²) in [6.07, 6.45) is -4.14. The molecule has 0 amide bonds. The van der Waals surface area contributed by atoms with E-state index in [-0.39, 0.29) is 0 Å². The average Bonchev–Trinajstić information content (AvgIpc) is 2.09. The van der Waals surface area contributed by atoms with Crippen molar-refractivity contribution in [2.24, 2.45) is 0 Å². The van der Waals surface area contributed by atoms with Gasteiger partial charge in [-0.2, -0.15) is 0 Å². The van der Waals surface area contributed by atoms with Gasteiger partial charge in [-0.1, -0.05) is 0 Å². The molecule has 2 N–H and O–H groups in total. The zero-order valence-electron chi connectivity index (χ0n) is 8.50. The smallest absolute Gasteiger partial charge is 0.349 e. The number of carboxylic acids is 2. The highest BCUT2D eigenvalue weighted by molar-refractivity contribution is 5.87. The van der Waals surface area contributed by atoms with Crippen molar-refractivity contribution >= 4 is 23.9 Å². The third-order valence-corrected chi connectivity index (χ3v) is 1.35. The van der Waals surface area contributed by atoms with Crippen molar-refractivity contribution in [1.82, 2.24) is 0 Å². The molecule has 16 heavy (non-hydrogen) atoms. The Balaban J connectivity index is 4.93. The van der Waals surface area contributed by atoms with E-state index >= 15 is 0 Å². The SMILES string of the molecule is CC(=O)OC(C(=O)O)[C@H](OC(C)=O)C(=O)O. The van der Waals surface area contributed by atoms with Crippen LogP contribution in [0.2, 0.25) is 0 Å². The number of carbonyl (C=O) groups is 4. The zero-order chi connectivity index (χ0) is 12.9. The topological polar surface area (TPSA) is 127 Å². The predicted molar refractivity (Wildman–Crippen MR) is 46.4 cm³/mol. The molecule has 8 nitrogen and oxygen atoms in total. The van der Waals surface area contributed by atoms with E-state index < -0.39 is 36.1 Å². The monoisotopic (exact) mass is 234 g/mol. The van der Waals surface area contributed by atoms with Gasteiger partial charge in [0.15, 0.2) is 0 Å². The number of rotatable bonds is 5. The standard InChI is InChI=1S/C8H10O8/c1-3(9)15-5(7(11)12)6(8(13)14)16-4(2)10/h5-6H,1-2H3,(H,11,12)(H,13,14)/t5-,6?/m0/s1. The average molecular weight is 234 g/mol. The number of carboxylic acid groups (broad SMARTS) is 2. The minimum Gasteiger partial charge on any atom is -0.478 e. The molecule has 0 spiro atoms. The Morgan fingerprint density at radius 3 is 1.19 bits per heavy atom. The van der Waals surface area contributed by atoms with Crippen LogP contribution in [0.1, 0.15) is 13.8 Å². The molecule has 0 aliphatic carbocycles. The van der Waals surface area contributed by atoms with Crippen LogP contribution in [-0.4, -0.2) is 46.3 Å². The van der Waals surface area contributed by atoms with E-state index in [4.69, 9.17) is 10.2 Å². The highest BCUT2D eigenvalue weighted by Gasteiger charge is 2.39. The van der Waals surface area contributed by atoms with E-state index in [9.17, 15) is 19.2 Å². The minimum absolute atomic E-state index is 0.905. The van der Waals surface area contributed by atoms with Crippen molar-refractivity contribution in [3.8, 4) is 0 Å². The lowest BCUT2D eigenvalue weighted by atomic mass is 10.2. The van der Waals surface area contributed by atoms with Gasteiger partial charge in [0.1, 0.15) is 0 Å². The predicted octanol–water partition coefficient (Wildman–Crippen LogP) is -0.981. The number of hydrogen-bond acceptors (Lipinski definition) is 6. The fraction of sp³-hybridized carbons (Fsp3) is 0.500. The molecule has 0 heterocycles. The Morgan fingerprint density at radius 1 is 0.812 bits per heavy atom. The maximum atomic E-state index is 10.6. The maximum Gasteiger partial charge on any atom is 0.349 e. The fourth-order valence-electron chi connectivity index (χ4n) is 0.841. The van der Waals surface area contributed by atoms with E-state index in [2.05, 4.69) is 9.47 Å². The fourth-order valence-corrected chi connectivity index (χ4v) is 0.841. The van der Waals surface area contributed by atoms with Crippen molar-refractivity contribution in [2.45, 2.75) is 26.1 Å². The summed E-state index contributed by atoms with van der Waals surface area (Å²) in [6.45, 7) is 1.81. The number of hydrogen-bond donors (Lipinski definition) is 2. The minimum atomic E-state index is -2.07. The van der Waals surface area contributed by atoms with Gasteiger partial charge < -0.3 is 19.7 Å². The van der Waals surface area contributed by atoms with Crippen LogP contribution in [-0.2, 0) is 28.7 Å². The highest BCUT2D eigenvalue weighted by Crippen LogP contribution is 2.07. The van der Waals surface area contributed by atoms with Crippen molar-refractivity contribution in [1.29, 1.82) is 0 Å². The number of ether oxygens (including phenoxy) is 2. The molecule has 0 aliphatic rings. The number of aliphatic carboxylic acids is 2. The van der Waals surface area contributed by atoms with Crippen LogP contribution in [0.3, 0.4) is 0 Å². The summed E-state index contributed by atoms with van der Waals surface area (Å²) in [5.74, 6) is -5.43. The first-order chi connectivity index (χ1) is 7.25. The Kier molecular flexibility index (Phi) is 4.93. The molecule has 1 unspecified atom stereocenters. The lowest BCUT2D eigenvalue weighted by Crippen LogP contribution is -2.45.